The molecule has 0 aromatic heterocycles. The van der Waals surface area contributed by atoms with Crippen molar-refractivity contribution in [3.05, 3.63) is 34.3 Å². The van der Waals surface area contributed by atoms with Crippen LogP contribution in [-0.2, 0) is 11.3 Å². The van der Waals surface area contributed by atoms with Crippen LogP contribution in [0.1, 0.15) is 24.8 Å². The number of hydrogen-bond donors (Lipinski definition) is 0. The molecule has 0 spiro atoms. The molecule has 1 aromatic rings. The Morgan fingerprint density at radius 1 is 1.29 bits per heavy atom. The van der Waals surface area contributed by atoms with Crippen molar-refractivity contribution in [3.63, 3.8) is 0 Å². The maximum Gasteiger partial charge on any atom is 0.222 e. The Balaban J connectivity index is 2.40. The van der Waals surface area contributed by atoms with E-state index in [4.69, 9.17) is 11.6 Å². The van der Waals surface area contributed by atoms with Crippen molar-refractivity contribution in [3.8, 4) is 0 Å². The van der Waals surface area contributed by atoms with E-state index in [1.54, 1.807) is 4.90 Å². The van der Waals surface area contributed by atoms with Crippen LogP contribution < -0.4 is 0 Å². The number of benzene rings is 1. The predicted octanol–water partition coefficient (Wildman–Crippen LogP) is 3.82. The number of alkyl halides is 1. The van der Waals surface area contributed by atoms with Crippen molar-refractivity contribution < 1.29 is 4.79 Å². The second-order valence-corrected chi connectivity index (χ2v) is 5.32. The Bertz CT molecular complexity index is 353. The van der Waals surface area contributed by atoms with Gasteiger partial charge in [-0.15, -0.1) is 11.6 Å². The number of rotatable bonds is 6. The van der Waals surface area contributed by atoms with Crippen LogP contribution in [0.2, 0.25) is 0 Å². The molecule has 0 N–H and O–H groups in total. The van der Waals surface area contributed by atoms with E-state index in [1.807, 2.05) is 31.3 Å². The van der Waals surface area contributed by atoms with Crippen molar-refractivity contribution >= 4 is 33.4 Å². The third-order valence-electron chi connectivity index (χ3n) is 2.53. The lowest BCUT2D eigenvalue weighted by atomic mass is 10.2. The van der Waals surface area contributed by atoms with Gasteiger partial charge in [0, 0.05) is 30.4 Å². The molecule has 0 bridgehead atoms. The van der Waals surface area contributed by atoms with Crippen LogP contribution in [0.4, 0.5) is 0 Å². The summed E-state index contributed by atoms with van der Waals surface area (Å²) in [5.41, 5.74) is 1.14. The van der Waals surface area contributed by atoms with Crippen molar-refractivity contribution in [2.45, 2.75) is 25.8 Å². The number of nitrogens with zero attached hydrogens (tertiary/aromatic N) is 1. The summed E-state index contributed by atoms with van der Waals surface area (Å²) in [6.45, 7) is 0.660. The summed E-state index contributed by atoms with van der Waals surface area (Å²) in [4.78, 5) is 13.5. The molecular formula is C13H17BrClNO. The van der Waals surface area contributed by atoms with E-state index in [0.717, 1.165) is 22.9 Å². The lowest BCUT2D eigenvalue weighted by Crippen LogP contribution is -2.25. The number of carbonyl (C=O) groups excluding carboxylic acids is 1. The highest BCUT2D eigenvalue weighted by Gasteiger charge is 2.08. The largest absolute Gasteiger partial charge is 0.341 e. The van der Waals surface area contributed by atoms with Crippen LogP contribution in [0, 0.1) is 0 Å². The van der Waals surface area contributed by atoms with Crippen LogP contribution in [0.15, 0.2) is 28.7 Å². The van der Waals surface area contributed by atoms with Crippen LogP contribution in [0.5, 0.6) is 0 Å². The van der Waals surface area contributed by atoms with Gasteiger partial charge in [-0.05, 0) is 30.5 Å². The smallest absolute Gasteiger partial charge is 0.222 e. The fourth-order valence-corrected chi connectivity index (χ4v) is 1.97. The molecule has 0 aliphatic rings. The molecule has 0 unspecified atom stereocenters. The molecule has 0 aliphatic heterocycles. The average Bonchev–Trinajstić information content (AvgIpc) is 2.32. The van der Waals surface area contributed by atoms with Gasteiger partial charge >= 0.3 is 0 Å². The molecule has 0 saturated carbocycles. The third-order valence-corrected chi connectivity index (χ3v) is 3.33. The minimum absolute atomic E-state index is 0.179. The van der Waals surface area contributed by atoms with Gasteiger partial charge in [0.05, 0.1) is 0 Å². The van der Waals surface area contributed by atoms with E-state index < -0.39 is 0 Å². The molecule has 1 amide bonds. The minimum Gasteiger partial charge on any atom is -0.341 e. The molecular weight excluding hydrogens is 302 g/mol. The van der Waals surface area contributed by atoms with E-state index >= 15 is 0 Å². The predicted molar refractivity (Wildman–Crippen MR) is 75.2 cm³/mol. The van der Waals surface area contributed by atoms with E-state index in [-0.39, 0.29) is 5.91 Å². The Morgan fingerprint density at radius 2 is 1.94 bits per heavy atom. The summed E-state index contributed by atoms with van der Waals surface area (Å²) in [5, 5.41) is 0. The van der Waals surface area contributed by atoms with Gasteiger partial charge in [-0.1, -0.05) is 28.1 Å². The molecule has 0 atom stereocenters. The van der Waals surface area contributed by atoms with Crippen LogP contribution in [-0.4, -0.2) is 23.7 Å². The van der Waals surface area contributed by atoms with Crippen LogP contribution in [0.3, 0.4) is 0 Å². The zero-order chi connectivity index (χ0) is 12.7. The van der Waals surface area contributed by atoms with Crippen molar-refractivity contribution in [1.29, 1.82) is 0 Å². The molecule has 1 aromatic carbocycles. The second-order valence-electron chi connectivity index (χ2n) is 4.02. The summed E-state index contributed by atoms with van der Waals surface area (Å²) in [5.74, 6) is 0.807. The Labute approximate surface area is 116 Å². The molecule has 0 radical (unpaired) electrons. The molecule has 4 heteroatoms. The number of halogens is 2. The fraction of sp³-hybridized carbons (Fsp3) is 0.462. The highest BCUT2D eigenvalue weighted by atomic mass is 79.9. The number of amides is 1. The number of carbonyl (C=O) groups is 1. The first-order chi connectivity index (χ1) is 8.13. The quantitative estimate of drug-likeness (QED) is 0.577. The summed E-state index contributed by atoms with van der Waals surface area (Å²) >= 11 is 8.97. The number of hydrogen-bond acceptors (Lipinski definition) is 1. The van der Waals surface area contributed by atoms with E-state index in [2.05, 4.69) is 15.9 Å². The van der Waals surface area contributed by atoms with Crippen LogP contribution >= 0.6 is 27.5 Å². The first-order valence-electron chi connectivity index (χ1n) is 5.68. The maximum atomic E-state index is 11.8. The van der Waals surface area contributed by atoms with Gasteiger partial charge < -0.3 is 4.90 Å². The van der Waals surface area contributed by atoms with Gasteiger partial charge in [-0.2, -0.15) is 0 Å². The zero-order valence-corrected chi connectivity index (χ0v) is 12.3. The molecule has 0 heterocycles. The lowest BCUT2D eigenvalue weighted by Gasteiger charge is -2.17. The first kappa shape index (κ1) is 14.5. The molecule has 94 valence electrons. The highest BCUT2D eigenvalue weighted by molar-refractivity contribution is 9.10. The third kappa shape index (κ3) is 5.55. The lowest BCUT2D eigenvalue weighted by molar-refractivity contribution is -0.130. The molecule has 1 rings (SSSR count). The molecule has 0 aliphatic carbocycles. The SMILES string of the molecule is CN(Cc1ccc(Br)cc1)C(=O)CCCCCl. The van der Waals surface area contributed by atoms with E-state index in [0.29, 0.717) is 18.8 Å². The van der Waals surface area contributed by atoms with Gasteiger partial charge in [0.15, 0.2) is 0 Å². The van der Waals surface area contributed by atoms with Gasteiger partial charge in [0.1, 0.15) is 0 Å². The Hall–Kier alpha value is -0.540. The van der Waals surface area contributed by atoms with Crippen molar-refractivity contribution in [1.82, 2.24) is 4.90 Å². The van der Waals surface area contributed by atoms with E-state index in [9.17, 15) is 4.79 Å². The molecule has 17 heavy (non-hydrogen) atoms. The fourth-order valence-electron chi connectivity index (χ4n) is 1.51. The summed E-state index contributed by atoms with van der Waals surface area (Å²) in [6, 6.07) is 8.02. The van der Waals surface area contributed by atoms with Crippen LogP contribution in [0.25, 0.3) is 0 Å². The topological polar surface area (TPSA) is 20.3 Å². The highest BCUT2D eigenvalue weighted by Crippen LogP contribution is 2.12. The number of unbranched alkanes of at least 4 members (excludes halogenated alkanes) is 1. The Kier molecular flexibility index (Phi) is 6.60. The summed E-state index contributed by atoms with van der Waals surface area (Å²) < 4.78 is 1.05. The molecule has 0 saturated heterocycles. The average molecular weight is 319 g/mol. The summed E-state index contributed by atoms with van der Waals surface area (Å²) in [6.07, 6.45) is 2.35. The summed E-state index contributed by atoms with van der Waals surface area (Å²) in [7, 11) is 1.84. The van der Waals surface area contributed by atoms with Gasteiger partial charge in [0.2, 0.25) is 5.91 Å². The minimum atomic E-state index is 0.179. The molecule has 2 nitrogen and oxygen atoms in total. The zero-order valence-electron chi connectivity index (χ0n) is 9.96. The van der Waals surface area contributed by atoms with Gasteiger partial charge in [-0.25, -0.2) is 0 Å². The van der Waals surface area contributed by atoms with Crippen molar-refractivity contribution in [2.75, 3.05) is 12.9 Å². The normalized spacial score (nSPS) is 10.3. The maximum absolute atomic E-state index is 11.8. The second kappa shape index (κ2) is 7.72. The first-order valence-corrected chi connectivity index (χ1v) is 7.00. The Morgan fingerprint density at radius 3 is 2.53 bits per heavy atom. The van der Waals surface area contributed by atoms with Gasteiger partial charge in [-0.3, -0.25) is 4.79 Å². The van der Waals surface area contributed by atoms with E-state index in [1.165, 1.54) is 0 Å². The standard InChI is InChI=1S/C13H17BrClNO/c1-16(13(17)4-2-3-9-15)10-11-5-7-12(14)8-6-11/h5-8H,2-4,9-10H2,1H3. The monoisotopic (exact) mass is 317 g/mol. The molecule has 0 fully saturated rings. The van der Waals surface area contributed by atoms with Crippen molar-refractivity contribution in [2.24, 2.45) is 0 Å². The van der Waals surface area contributed by atoms with Gasteiger partial charge in [0.25, 0.3) is 0 Å².